The Hall–Kier alpha value is -2.26. The third-order valence-corrected chi connectivity index (χ3v) is 6.48. The smallest absolute Gasteiger partial charge is 0.327 e. The molecule has 1 aromatic carbocycles. The molecule has 2 fully saturated rings. The number of carbonyl (C=O) groups excluding carboxylic acids is 3. The number of hydrogen-bond donors (Lipinski definition) is 2. The molecule has 0 aromatic heterocycles. The quantitative estimate of drug-likeness (QED) is 0.303. The zero-order valence-electron chi connectivity index (χ0n) is 15.1. The third kappa shape index (κ3) is 3.44. The first-order valence-electron chi connectivity index (χ1n) is 8.49. The van der Waals surface area contributed by atoms with Gasteiger partial charge in [0.2, 0.25) is 11.8 Å². The van der Waals surface area contributed by atoms with Crippen molar-refractivity contribution in [2.75, 3.05) is 6.07 Å². The first-order valence-corrected chi connectivity index (χ1v) is 9.91. The predicted molar refractivity (Wildman–Crippen MR) is 102 cm³/mol. The Labute approximate surface area is 170 Å². The van der Waals surface area contributed by atoms with Crippen molar-refractivity contribution in [1.82, 2.24) is 10.2 Å². The summed E-state index contributed by atoms with van der Waals surface area (Å²) in [6.07, 6.45) is 0. The van der Waals surface area contributed by atoms with Crippen LogP contribution in [0.1, 0.15) is 25.3 Å². The van der Waals surface area contributed by atoms with Gasteiger partial charge in [-0.3, -0.25) is 14.4 Å². The minimum atomic E-state index is -1.28. The second-order valence-electron chi connectivity index (χ2n) is 7.00. The van der Waals surface area contributed by atoms with E-state index in [-0.39, 0.29) is 0 Å². The Bertz CT molecular complexity index is 818. The minimum absolute atomic E-state index is 0.404. The number of aliphatic carboxylic acids is 1. The lowest BCUT2D eigenvalue weighted by atomic mass is 9.94. The van der Waals surface area contributed by atoms with Crippen LogP contribution in [0, 0.1) is 0 Å². The van der Waals surface area contributed by atoms with Gasteiger partial charge in [0.25, 0.3) is 0 Å². The van der Waals surface area contributed by atoms with Gasteiger partial charge in [-0.1, -0.05) is 41.9 Å². The van der Waals surface area contributed by atoms with E-state index in [1.54, 1.807) is 44.2 Å². The number of nitrogens with zero attached hydrogens (tertiary/aromatic N) is 1. The highest BCUT2D eigenvalue weighted by molar-refractivity contribution is 8.01. The molecule has 2 saturated heterocycles. The lowest BCUT2D eigenvalue weighted by Gasteiger charge is -2.43. The number of nitrogens with one attached hydrogen (secondary N) is 1. The number of fused-ring (bicyclic) bond motifs is 1. The molecule has 1 aromatic rings. The van der Waals surface area contributed by atoms with Gasteiger partial charge in [-0.2, -0.15) is 0 Å². The highest BCUT2D eigenvalue weighted by Gasteiger charge is 2.64. The SMILES string of the molecule is CC1(C)S[C@@H]2[C@H](NC(=O)C(C(=O)OCCl)c3ccccc3)C(=O)N2[C@H]1C(=O)O. The van der Waals surface area contributed by atoms with E-state index < -0.39 is 57.9 Å². The van der Waals surface area contributed by atoms with E-state index in [1.807, 2.05) is 0 Å². The predicted octanol–water partition coefficient (Wildman–Crippen LogP) is 1.14. The van der Waals surface area contributed by atoms with Crippen molar-refractivity contribution in [2.45, 2.75) is 42.0 Å². The van der Waals surface area contributed by atoms with Crippen LogP contribution in [0.4, 0.5) is 0 Å². The summed E-state index contributed by atoms with van der Waals surface area (Å²) < 4.78 is 4.09. The molecule has 2 N–H and O–H groups in total. The number of benzene rings is 1. The molecule has 1 unspecified atom stereocenters. The number of ether oxygens (including phenoxy) is 1. The van der Waals surface area contributed by atoms with Crippen molar-refractivity contribution in [1.29, 1.82) is 0 Å². The molecule has 0 radical (unpaired) electrons. The van der Waals surface area contributed by atoms with Crippen molar-refractivity contribution in [2.24, 2.45) is 0 Å². The number of amides is 2. The maximum absolute atomic E-state index is 12.8. The molecule has 28 heavy (non-hydrogen) atoms. The third-order valence-electron chi connectivity index (χ3n) is 4.80. The van der Waals surface area contributed by atoms with Crippen molar-refractivity contribution in [3.8, 4) is 0 Å². The largest absolute Gasteiger partial charge is 0.480 e. The Morgan fingerprint density at radius 3 is 2.54 bits per heavy atom. The van der Waals surface area contributed by atoms with Gasteiger partial charge < -0.3 is 20.1 Å². The summed E-state index contributed by atoms with van der Waals surface area (Å²) in [6, 6.07) is 6.00. The van der Waals surface area contributed by atoms with Gasteiger partial charge in [0, 0.05) is 4.75 Å². The molecule has 2 aliphatic rings. The summed E-state index contributed by atoms with van der Waals surface area (Å²) in [5, 5.41) is 11.5. The van der Waals surface area contributed by atoms with Crippen molar-refractivity contribution in [3.63, 3.8) is 0 Å². The van der Waals surface area contributed by atoms with Crippen LogP contribution in [0.5, 0.6) is 0 Å². The summed E-state index contributed by atoms with van der Waals surface area (Å²) in [5.41, 5.74) is 0.404. The molecule has 2 amide bonds. The molecule has 4 atom stereocenters. The molecule has 2 aliphatic heterocycles. The average molecular weight is 427 g/mol. The number of rotatable bonds is 6. The monoisotopic (exact) mass is 426 g/mol. The number of thioether (sulfide) groups is 1. The molecule has 2 heterocycles. The van der Waals surface area contributed by atoms with Crippen LogP contribution in [0.3, 0.4) is 0 Å². The fourth-order valence-corrected chi connectivity index (χ4v) is 5.29. The van der Waals surface area contributed by atoms with E-state index in [9.17, 15) is 24.3 Å². The van der Waals surface area contributed by atoms with Gasteiger partial charge in [0.1, 0.15) is 17.5 Å². The van der Waals surface area contributed by atoms with Gasteiger partial charge in [-0.25, -0.2) is 4.79 Å². The summed E-state index contributed by atoms with van der Waals surface area (Å²) in [6.45, 7) is 3.48. The number of carboxylic acid groups (broad SMARTS) is 1. The molecular weight excluding hydrogens is 408 g/mol. The number of β-lactam (4-membered cyclic amide) rings is 1. The van der Waals surface area contributed by atoms with Crippen molar-refractivity contribution >= 4 is 47.1 Å². The first-order chi connectivity index (χ1) is 13.2. The summed E-state index contributed by atoms with van der Waals surface area (Å²) in [4.78, 5) is 50.5. The normalized spacial score (nSPS) is 26.0. The van der Waals surface area contributed by atoms with Gasteiger partial charge in [-0.05, 0) is 19.4 Å². The molecule has 0 saturated carbocycles. The number of carbonyl (C=O) groups is 4. The summed E-state index contributed by atoms with van der Waals surface area (Å²) >= 11 is 6.76. The molecule has 0 aliphatic carbocycles. The molecule has 8 nitrogen and oxygen atoms in total. The Balaban J connectivity index is 1.79. The van der Waals surface area contributed by atoms with E-state index in [1.165, 1.54) is 16.7 Å². The highest BCUT2D eigenvalue weighted by Crippen LogP contribution is 2.50. The maximum atomic E-state index is 12.8. The lowest BCUT2D eigenvalue weighted by Crippen LogP contribution is -2.71. The van der Waals surface area contributed by atoms with Crippen LogP contribution in [0.25, 0.3) is 0 Å². The summed E-state index contributed by atoms with van der Waals surface area (Å²) in [5.74, 6) is -4.38. The van der Waals surface area contributed by atoms with E-state index >= 15 is 0 Å². The minimum Gasteiger partial charge on any atom is -0.480 e. The van der Waals surface area contributed by atoms with Gasteiger partial charge in [0.05, 0.1) is 0 Å². The number of esters is 1. The van der Waals surface area contributed by atoms with Crippen molar-refractivity contribution in [3.05, 3.63) is 35.9 Å². The molecule has 150 valence electrons. The molecule has 0 bridgehead atoms. The number of carboxylic acids is 1. The fourth-order valence-electron chi connectivity index (χ4n) is 3.56. The molecule has 3 rings (SSSR count). The zero-order valence-corrected chi connectivity index (χ0v) is 16.7. The summed E-state index contributed by atoms with van der Waals surface area (Å²) in [7, 11) is 0. The van der Waals surface area contributed by atoms with Gasteiger partial charge in [-0.15, -0.1) is 11.8 Å². The number of alkyl halides is 1. The van der Waals surface area contributed by atoms with E-state index in [2.05, 4.69) is 5.32 Å². The topological polar surface area (TPSA) is 113 Å². The molecule has 0 spiro atoms. The van der Waals surface area contributed by atoms with E-state index in [4.69, 9.17) is 16.3 Å². The van der Waals surface area contributed by atoms with Crippen molar-refractivity contribution < 1.29 is 29.0 Å². The molecular formula is C18H19ClN2O6S. The van der Waals surface area contributed by atoms with Crippen LogP contribution in [0.2, 0.25) is 0 Å². The number of halogens is 1. The second kappa shape index (κ2) is 7.63. The van der Waals surface area contributed by atoms with Gasteiger partial charge >= 0.3 is 11.9 Å². The molecule has 10 heteroatoms. The van der Waals surface area contributed by atoms with E-state index in [0.717, 1.165) is 0 Å². The van der Waals surface area contributed by atoms with Crippen LogP contribution < -0.4 is 5.32 Å². The highest BCUT2D eigenvalue weighted by atomic mass is 35.5. The lowest BCUT2D eigenvalue weighted by molar-refractivity contribution is -0.161. The van der Waals surface area contributed by atoms with Crippen LogP contribution in [-0.4, -0.2) is 62.0 Å². The average Bonchev–Trinajstić information content (AvgIpc) is 2.89. The van der Waals surface area contributed by atoms with Crippen LogP contribution in [0.15, 0.2) is 30.3 Å². The Kier molecular flexibility index (Phi) is 5.58. The zero-order chi connectivity index (χ0) is 20.6. The van der Waals surface area contributed by atoms with E-state index in [0.29, 0.717) is 5.56 Å². The first kappa shape index (κ1) is 20.5. The standard InChI is InChI=1S/C18H19ClN2O6S/c1-18(2)12(16(24)25)21-14(23)11(15(21)28-18)20-13(22)10(17(26)27-8-19)9-6-4-3-5-7-9/h3-7,10-12,15H,8H2,1-2H3,(H,20,22)(H,24,25)/t10?,11-,12+,15-/m1/s1. The van der Waals surface area contributed by atoms with Gasteiger partial charge in [0.15, 0.2) is 12.0 Å². The Morgan fingerprint density at radius 2 is 1.96 bits per heavy atom. The second-order valence-corrected chi connectivity index (χ2v) is 8.99. The number of hydrogen-bond acceptors (Lipinski definition) is 6. The maximum Gasteiger partial charge on any atom is 0.327 e. The fraction of sp³-hybridized carbons (Fsp3) is 0.444. The Morgan fingerprint density at radius 1 is 1.32 bits per heavy atom. The van der Waals surface area contributed by atoms with Crippen LogP contribution >= 0.6 is 23.4 Å². The van der Waals surface area contributed by atoms with Crippen LogP contribution in [-0.2, 0) is 23.9 Å².